The Morgan fingerprint density at radius 2 is 1.86 bits per heavy atom. The smallest absolute Gasteiger partial charge is 0.137 e. The predicted molar refractivity (Wildman–Crippen MR) is 54.9 cm³/mol. The molecule has 0 atom stereocenters. The van der Waals surface area contributed by atoms with Crippen LogP contribution < -0.4 is 0 Å². The maximum absolute atomic E-state index is 11.1. The molecule has 0 rings (SSSR count). The van der Waals surface area contributed by atoms with Crippen molar-refractivity contribution in [2.24, 2.45) is 0 Å². The first kappa shape index (κ1) is 13.0. The lowest BCUT2D eigenvalue weighted by Gasteiger charge is -1.98. The molecule has 0 fully saturated rings. The summed E-state index contributed by atoms with van der Waals surface area (Å²) in [5.41, 5.74) is 0. The molecule has 0 unspecified atom stereocenters. The standard InChI is InChI=1S/C11H17O3/c1-3-4-5-10(12)6-7-11(13)8-9-14-2/h3-4H,1,5-9H2,2H3. The molecule has 0 N–H and O–H groups in total. The third-order valence-corrected chi connectivity index (χ3v) is 1.78. The molecule has 0 saturated heterocycles. The van der Waals surface area contributed by atoms with Crippen LogP contribution in [0.1, 0.15) is 25.7 Å². The summed E-state index contributed by atoms with van der Waals surface area (Å²) >= 11 is 0. The molecule has 0 saturated carbocycles. The van der Waals surface area contributed by atoms with E-state index in [-0.39, 0.29) is 11.6 Å². The number of carbonyl (C=O) groups is 2. The predicted octanol–water partition coefficient (Wildman–Crippen LogP) is 1.72. The topological polar surface area (TPSA) is 43.4 Å². The molecular formula is C11H17O3. The Balaban J connectivity index is 3.50. The van der Waals surface area contributed by atoms with Gasteiger partial charge in [0.15, 0.2) is 0 Å². The monoisotopic (exact) mass is 197 g/mol. The number of allylic oxidation sites excluding steroid dienone is 2. The van der Waals surface area contributed by atoms with E-state index < -0.39 is 0 Å². The lowest BCUT2D eigenvalue weighted by molar-refractivity contribution is -0.124. The summed E-state index contributed by atoms with van der Waals surface area (Å²) in [4.78, 5) is 22.2. The summed E-state index contributed by atoms with van der Waals surface area (Å²) in [6.07, 6.45) is 4.71. The molecule has 0 aliphatic rings. The fourth-order valence-electron chi connectivity index (χ4n) is 0.937. The van der Waals surface area contributed by atoms with Crippen molar-refractivity contribution >= 4 is 11.6 Å². The molecule has 0 aromatic heterocycles. The van der Waals surface area contributed by atoms with Crippen molar-refractivity contribution in [1.82, 2.24) is 0 Å². The summed E-state index contributed by atoms with van der Waals surface area (Å²) < 4.78 is 4.76. The van der Waals surface area contributed by atoms with Crippen molar-refractivity contribution in [3.8, 4) is 0 Å². The molecule has 0 aliphatic carbocycles. The van der Waals surface area contributed by atoms with Gasteiger partial charge in [-0.05, 0) is 6.92 Å². The average Bonchev–Trinajstić information content (AvgIpc) is 2.20. The number of methoxy groups -OCH3 is 1. The van der Waals surface area contributed by atoms with Gasteiger partial charge in [0.1, 0.15) is 11.6 Å². The molecule has 3 nitrogen and oxygen atoms in total. The quantitative estimate of drug-likeness (QED) is 0.595. The average molecular weight is 197 g/mol. The van der Waals surface area contributed by atoms with Crippen LogP contribution >= 0.6 is 0 Å². The van der Waals surface area contributed by atoms with Gasteiger partial charge in [-0.1, -0.05) is 12.2 Å². The van der Waals surface area contributed by atoms with E-state index in [1.807, 2.05) is 0 Å². The number of ether oxygens (including phenoxy) is 1. The van der Waals surface area contributed by atoms with Gasteiger partial charge < -0.3 is 4.74 Å². The largest absolute Gasteiger partial charge is 0.384 e. The van der Waals surface area contributed by atoms with Crippen LogP contribution in [0.15, 0.2) is 12.2 Å². The maximum Gasteiger partial charge on any atom is 0.137 e. The molecule has 0 aromatic carbocycles. The number of carbonyl (C=O) groups excluding carboxylic acids is 2. The fraction of sp³-hybridized carbons (Fsp3) is 0.545. The first-order valence-electron chi connectivity index (χ1n) is 4.67. The van der Waals surface area contributed by atoms with Gasteiger partial charge in [0, 0.05) is 32.8 Å². The first-order valence-corrected chi connectivity index (χ1v) is 4.67. The number of rotatable bonds is 8. The fourth-order valence-corrected chi connectivity index (χ4v) is 0.937. The molecule has 0 heterocycles. The van der Waals surface area contributed by atoms with Crippen molar-refractivity contribution in [1.29, 1.82) is 0 Å². The van der Waals surface area contributed by atoms with Gasteiger partial charge in [-0.2, -0.15) is 0 Å². The molecule has 79 valence electrons. The molecule has 0 bridgehead atoms. The van der Waals surface area contributed by atoms with Gasteiger partial charge in [-0.25, -0.2) is 0 Å². The highest BCUT2D eigenvalue weighted by Crippen LogP contribution is 2.00. The van der Waals surface area contributed by atoms with E-state index in [2.05, 4.69) is 6.92 Å². The Bertz CT molecular complexity index is 207. The molecule has 3 heteroatoms. The Labute approximate surface area is 85.1 Å². The summed E-state index contributed by atoms with van der Waals surface area (Å²) in [6.45, 7) is 3.91. The van der Waals surface area contributed by atoms with Gasteiger partial charge in [0.05, 0.1) is 6.61 Å². The molecule has 0 amide bonds. The van der Waals surface area contributed by atoms with Crippen molar-refractivity contribution in [3.63, 3.8) is 0 Å². The first-order chi connectivity index (χ1) is 6.70. The van der Waals surface area contributed by atoms with Crippen LogP contribution in [0.5, 0.6) is 0 Å². The molecular weight excluding hydrogens is 180 g/mol. The number of hydrogen-bond acceptors (Lipinski definition) is 3. The van der Waals surface area contributed by atoms with Crippen LogP contribution in [0.2, 0.25) is 0 Å². The van der Waals surface area contributed by atoms with Crippen LogP contribution in [0.3, 0.4) is 0 Å². The van der Waals surface area contributed by atoms with E-state index in [1.165, 1.54) is 0 Å². The second-order valence-electron chi connectivity index (χ2n) is 3.00. The summed E-state index contributed by atoms with van der Waals surface area (Å²) in [5.74, 6) is 0.162. The van der Waals surface area contributed by atoms with Gasteiger partial charge in [-0.3, -0.25) is 9.59 Å². The van der Waals surface area contributed by atoms with E-state index in [1.54, 1.807) is 19.3 Å². The molecule has 1 radical (unpaired) electrons. The Morgan fingerprint density at radius 3 is 2.43 bits per heavy atom. The highest BCUT2D eigenvalue weighted by Gasteiger charge is 2.05. The van der Waals surface area contributed by atoms with Crippen LogP contribution in [0, 0.1) is 6.92 Å². The van der Waals surface area contributed by atoms with Crippen molar-refractivity contribution in [2.75, 3.05) is 13.7 Å². The van der Waals surface area contributed by atoms with E-state index in [0.717, 1.165) is 0 Å². The lowest BCUT2D eigenvalue weighted by atomic mass is 10.1. The number of ketones is 2. The minimum absolute atomic E-state index is 0.0793. The highest BCUT2D eigenvalue weighted by molar-refractivity contribution is 5.86. The SMILES string of the molecule is [CH2]C=CCC(=O)CCC(=O)CCOC. The van der Waals surface area contributed by atoms with Crippen LogP contribution in [0.4, 0.5) is 0 Å². The van der Waals surface area contributed by atoms with Crippen molar-refractivity contribution in [3.05, 3.63) is 19.1 Å². The van der Waals surface area contributed by atoms with E-state index in [9.17, 15) is 9.59 Å². The van der Waals surface area contributed by atoms with E-state index in [0.29, 0.717) is 32.3 Å². The second-order valence-corrected chi connectivity index (χ2v) is 3.00. The van der Waals surface area contributed by atoms with Crippen LogP contribution in [0.25, 0.3) is 0 Å². The summed E-state index contributed by atoms with van der Waals surface area (Å²) in [7, 11) is 1.55. The normalized spacial score (nSPS) is 10.7. The van der Waals surface area contributed by atoms with E-state index >= 15 is 0 Å². The highest BCUT2D eigenvalue weighted by atomic mass is 16.5. The second kappa shape index (κ2) is 8.63. The van der Waals surface area contributed by atoms with Gasteiger partial charge in [0.2, 0.25) is 0 Å². The van der Waals surface area contributed by atoms with Gasteiger partial charge in [-0.15, -0.1) is 0 Å². The Kier molecular flexibility index (Phi) is 8.04. The minimum Gasteiger partial charge on any atom is -0.384 e. The number of hydrogen-bond donors (Lipinski definition) is 0. The molecule has 14 heavy (non-hydrogen) atoms. The Morgan fingerprint density at radius 1 is 1.21 bits per heavy atom. The van der Waals surface area contributed by atoms with Crippen LogP contribution in [-0.4, -0.2) is 25.3 Å². The van der Waals surface area contributed by atoms with Gasteiger partial charge >= 0.3 is 0 Å². The summed E-state index contributed by atoms with van der Waals surface area (Å²) in [5, 5.41) is 0. The molecule has 0 aromatic rings. The minimum atomic E-state index is 0.0793. The van der Waals surface area contributed by atoms with Crippen molar-refractivity contribution in [2.45, 2.75) is 25.7 Å². The van der Waals surface area contributed by atoms with E-state index in [4.69, 9.17) is 4.74 Å². The molecule has 0 spiro atoms. The third-order valence-electron chi connectivity index (χ3n) is 1.78. The van der Waals surface area contributed by atoms with Crippen LogP contribution in [-0.2, 0) is 14.3 Å². The summed E-state index contributed by atoms with van der Waals surface area (Å²) in [6, 6.07) is 0. The lowest BCUT2D eigenvalue weighted by Crippen LogP contribution is -2.05. The molecule has 0 aliphatic heterocycles. The zero-order valence-corrected chi connectivity index (χ0v) is 8.62. The zero-order chi connectivity index (χ0) is 10.8. The zero-order valence-electron chi connectivity index (χ0n) is 8.62. The third kappa shape index (κ3) is 7.68. The number of Topliss-reactive ketones (excluding diaryl/α,β-unsaturated/α-hetero) is 2. The maximum atomic E-state index is 11.1. The Hall–Kier alpha value is -0.960. The van der Waals surface area contributed by atoms with Gasteiger partial charge in [0.25, 0.3) is 0 Å². The van der Waals surface area contributed by atoms with Crippen molar-refractivity contribution < 1.29 is 14.3 Å².